The standard InChI is InChI=1S/C24H15N3O6/c28-25(29)22-20(17-12-6-2-7-13-17)19(16-10-4-1-5-11-16)21(18-14-8-3-9-15-18)23(26(30)31)24(22)27(32)33/h1-15H. The van der Waals surface area contributed by atoms with Crippen LogP contribution in [0.15, 0.2) is 91.0 Å². The van der Waals surface area contributed by atoms with Crippen molar-refractivity contribution in [1.82, 2.24) is 0 Å². The van der Waals surface area contributed by atoms with Crippen LogP contribution in [0.2, 0.25) is 0 Å². The van der Waals surface area contributed by atoms with Gasteiger partial charge in [-0.05, 0) is 16.7 Å². The summed E-state index contributed by atoms with van der Waals surface area (Å²) in [5, 5.41) is 36.5. The third kappa shape index (κ3) is 3.79. The number of nitrogens with zero attached hydrogens (tertiary/aromatic N) is 3. The van der Waals surface area contributed by atoms with E-state index in [-0.39, 0.29) is 16.7 Å². The van der Waals surface area contributed by atoms with Crippen molar-refractivity contribution in [2.45, 2.75) is 0 Å². The molecule has 0 aliphatic rings. The molecule has 162 valence electrons. The van der Waals surface area contributed by atoms with Gasteiger partial charge < -0.3 is 0 Å². The second-order valence-electron chi connectivity index (χ2n) is 7.04. The summed E-state index contributed by atoms with van der Waals surface area (Å²) in [7, 11) is 0. The van der Waals surface area contributed by atoms with Gasteiger partial charge in [0.25, 0.3) is 0 Å². The second kappa shape index (κ2) is 8.67. The van der Waals surface area contributed by atoms with Crippen molar-refractivity contribution < 1.29 is 14.8 Å². The number of hydrogen-bond donors (Lipinski definition) is 0. The Morgan fingerprint density at radius 1 is 0.394 bits per heavy atom. The van der Waals surface area contributed by atoms with E-state index in [9.17, 15) is 30.3 Å². The molecule has 0 saturated heterocycles. The van der Waals surface area contributed by atoms with Crippen LogP contribution in [-0.4, -0.2) is 14.8 Å². The predicted octanol–water partition coefficient (Wildman–Crippen LogP) is 6.41. The first-order valence-electron chi connectivity index (χ1n) is 9.75. The number of hydrogen-bond acceptors (Lipinski definition) is 6. The van der Waals surface area contributed by atoms with Gasteiger partial charge in [-0.25, -0.2) is 0 Å². The fraction of sp³-hybridized carbons (Fsp3) is 0. The molecule has 0 heterocycles. The molecule has 4 aromatic carbocycles. The van der Waals surface area contributed by atoms with E-state index in [0.29, 0.717) is 16.7 Å². The molecule has 0 saturated carbocycles. The lowest BCUT2D eigenvalue weighted by molar-refractivity contribution is -0.440. The summed E-state index contributed by atoms with van der Waals surface area (Å²) in [6.45, 7) is 0. The maximum atomic E-state index is 12.2. The third-order valence-corrected chi connectivity index (χ3v) is 5.16. The SMILES string of the molecule is O=[N+]([O-])c1c(-c2ccccc2)c(-c2ccccc2)c(-c2ccccc2)c([N+](=O)[O-])c1[N+](=O)[O-]. The minimum atomic E-state index is -1.15. The van der Waals surface area contributed by atoms with Gasteiger partial charge in [0.1, 0.15) is 0 Å². The normalized spacial score (nSPS) is 10.5. The molecule has 33 heavy (non-hydrogen) atoms. The van der Waals surface area contributed by atoms with Crippen LogP contribution in [-0.2, 0) is 0 Å². The van der Waals surface area contributed by atoms with Crippen LogP contribution in [0.5, 0.6) is 0 Å². The third-order valence-electron chi connectivity index (χ3n) is 5.16. The van der Waals surface area contributed by atoms with Gasteiger partial charge in [0.05, 0.1) is 25.9 Å². The van der Waals surface area contributed by atoms with E-state index < -0.39 is 31.8 Å². The predicted molar refractivity (Wildman–Crippen MR) is 123 cm³/mol. The van der Waals surface area contributed by atoms with Crippen molar-refractivity contribution in [3.63, 3.8) is 0 Å². The molecule has 0 unspecified atom stereocenters. The maximum Gasteiger partial charge on any atom is 0.423 e. The Balaban J connectivity index is 2.37. The topological polar surface area (TPSA) is 129 Å². The molecule has 0 spiro atoms. The Bertz CT molecular complexity index is 1300. The highest BCUT2D eigenvalue weighted by Crippen LogP contribution is 2.55. The highest BCUT2D eigenvalue weighted by molar-refractivity contribution is 6.06. The highest BCUT2D eigenvalue weighted by Gasteiger charge is 2.45. The van der Waals surface area contributed by atoms with Crippen molar-refractivity contribution in [3.8, 4) is 33.4 Å². The maximum absolute atomic E-state index is 12.2. The molecule has 0 bridgehead atoms. The van der Waals surface area contributed by atoms with Gasteiger partial charge >= 0.3 is 17.1 Å². The van der Waals surface area contributed by atoms with E-state index >= 15 is 0 Å². The van der Waals surface area contributed by atoms with Crippen LogP contribution in [0.1, 0.15) is 0 Å². The number of nitro groups is 3. The molecule has 0 aliphatic carbocycles. The lowest BCUT2D eigenvalue weighted by Crippen LogP contribution is -2.07. The summed E-state index contributed by atoms with van der Waals surface area (Å²) in [5.74, 6) is 0. The molecule has 0 aliphatic heterocycles. The van der Waals surface area contributed by atoms with Crippen molar-refractivity contribution >= 4 is 17.1 Å². The molecular weight excluding hydrogens is 426 g/mol. The van der Waals surface area contributed by atoms with Crippen LogP contribution in [0.4, 0.5) is 17.1 Å². The molecule has 0 N–H and O–H groups in total. The monoisotopic (exact) mass is 441 g/mol. The molecule has 4 rings (SSSR count). The van der Waals surface area contributed by atoms with Crippen molar-refractivity contribution in [3.05, 3.63) is 121 Å². The Morgan fingerprint density at radius 3 is 0.939 bits per heavy atom. The lowest BCUT2D eigenvalue weighted by Gasteiger charge is -2.17. The highest BCUT2D eigenvalue weighted by atomic mass is 16.6. The zero-order valence-electron chi connectivity index (χ0n) is 17.0. The Hall–Kier alpha value is -4.92. The fourth-order valence-electron chi connectivity index (χ4n) is 3.90. The fourth-order valence-corrected chi connectivity index (χ4v) is 3.90. The first-order chi connectivity index (χ1) is 15.9. The molecular formula is C24H15N3O6. The van der Waals surface area contributed by atoms with Crippen molar-refractivity contribution in [2.24, 2.45) is 0 Å². The molecule has 4 aromatic rings. The molecule has 0 radical (unpaired) electrons. The largest absolute Gasteiger partial charge is 0.423 e. The number of benzene rings is 4. The Labute approximate surface area is 187 Å². The van der Waals surface area contributed by atoms with E-state index in [1.807, 2.05) is 0 Å². The second-order valence-corrected chi connectivity index (χ2v) is 7.04. The van der Waals surface area contributed by atoms with Crippen LogP contribution in [0.25, 0.3) is 33.4 Å². The Kier molecular flexibility index (Phi) is 5.60. The van der Waals surface area contributed by atoms with Gasteiger partial charge in [0.2, 0.25) is 0 Å². The van der Waals surface area contributed by atoms with Gasteiger partial charge in [-0.3, -0.25) is 30.3 Å². The quantitative estimate of drug-likeness (QED) is 0.251. The van der Waals surface area contributed by atoms with Crippen molar-refractivity contribution in [2.75, 3.05) is 0 Å². The average Bonchev–Trinajstić information content (AvgIpc) is 2.83. The summed E-state index contributed by atoms with van der Waals surface area (Å²) >= 11 is 0. The number of nitro benzene ring substituents is 3. The average molecular weight is 441 g/mol. The summed E-state index contributed by atoms with van der Waals surface area (Å²) in [4.78, 5) is 33.6. The van der Waals surface area contributed by atoms with Crippen LogP contribution in [0, 0.1) is 30.3 Å². The van der Waals surface area contributed by atoms with Gasteiger partial charge in [0.15, 0.2) is 0 Å². The molecule has 0 aromatic heterocycles. The van der Waals surface area contributed by atoms with Crippen LogP contribution < -0.4 is 0 Å². The zero-order chi connectivity index (χ0) is 23.5. The summed E-state index contributed by atoms with van der Waals surface area (Å²) in [5.41, 5.74) is -1.80. The van der Waals surface area contributed by atoms with E-state index in [1.54, 1.807) is 91.0 Å². The first-order valence-corrected chi connectivity index (χ1v) is 9.75. The van der Waals surface area contributed by atoms with Gasteiger partial charge in [-0.15, -0.1) is 0 Å². The Morgan fingerprint density at radius 2 is 0.667 bits per heavy atom. The van der Waals surface area contributed by atoms with E-state index in [0.717, 1.165) is 0 Å². The molecule has 9 heteroatoms. The number of rotatable bonds is 6. The van der Waals surface area contributed by atoms with Crippen LogP contribution in [0.3, 0.4) is 0 Å². The lowest BCUT2D eigenvalue weighted by atomic mass is 9.84. The smallest absolute Gasteiger partial charge is 0.258 e. The minimum absolute atomic E-state index is 0.0528. The summed E-state index contributed by atoms with van der Waals surface area (Å²) in [6.07, 6.45) is 0. The molecule has 0 fully saturated rings. The van der Waals surface area contributed by atoms with Gasteiger partial charge in [-0.1, -0.05) is 91.0 Å². The van der Waals surface area contributed by atoms with E-state index in [4.69, 9.17) is 0 Å². The summed E-state index contributed by atoms with van der Waals surface area (Å²) < 4.78 is 0. The molecule has 9 nitrogen and oxygen atoms in total. The summed E-state index contributed by atoms with van der Waals surface area (Å²) in [6, 6.07) is 24.7. The molecule has 0 amide bonds. The van der Waals surface area contributed by atoms with E-state index in [1.165, 1.54) is 0 Å². The van der Waals surface area contributed by atoms with Gasteiger partial charge in [0, 0.05) is 5.56 Å². The zero-order valence-corrected chi connectivity index (χ0v) is 17.0. The van der Waals surface area contributed by atoms with Crippen molar-refractivity contribution in [1.29, 1.82) is 0 Å². The van der Waals surface area contributed by atoms with Gasteiger partial charge in [-0.2, -0.15) is 0 Å². The first kappa shape index (κ1) is 21.3. The van der Waals surface area contributed by atoms with Crippen LogP contribution >= 0.6 is 0 Å². The minimum Gasteiger partial charge on any atom is -0.258 e. The molecule has 0 atom stereocenters. The van der Waals surface area contributed by atoms with E-state index in [2.05, 4.69) is 0 Å².